The Balaban J connectivity index is 2.28. The number of carbonyl (C=O) groups is 1. The highest BCUT2D eigenvalue weighted by Gasteiger charge is 1.98. The normalized spacial score (nSPS) is 8.50. The summed E-state index contributed by atoms with van der Waals surface area (Å²) in [7, 11) is 0. The molecule has 0 heterocycles. The number of hydrogen-bond acceptors (Lipinski definition) is 3. The molecule has 3 nitrogen and oxygen atoms in total. The molecule has 0 aromatic heterocycles. The van der Waals surface area contributed by atoms with Crippen molar-refractivity contribution >= 4 is 6.16 Å². The zero-order valence-electron chi connectivity index (χ0n) is 8.81. The Morgan fingerprint density at radius 3 is 2.75 bits per heavy atom. The van der Waals surface area contributed by atoms with E-state index >= 15 is 0 Å². The maximum absolute atomic E-state index is 10.9. The lowest BCUT2D eigenvalue weighted by atomic mass is 10.2. The van der Waals surface area contributed by atoms with Gasteiger partial charge < -0.3 is 9.47 Å². The predicted molar refractivity (Wildman–Crippen MR) is 60.8 cm³/mol. The van der Waals surface area contributed by atoms with Crippen molar-refractivity contribution in [2.45, 2.75) is 0 Å². The molecule has 3 heteroatoms. The fourth-order valence-electron chi connectivity index (χ4n) is 0.923. The van der Waals surface area contributed by atoms with E-state index in [2.05, 4.69) is 27.9 Å². The molecule has 0 aliphatic carbocycles. The highest BCUT2D eigenvalue weighted by Crippen LogP contribution is 1.94. The average molecular weight is 216 g/mol. The summed E-state index contributed by atoms with van der Waals surface area (Å²) < 4.78 is 9.28. The van der Waals surface area contributed by atoms with Crippen LogP contribution in [0.4, 0.5) is 4.79 Å². The van der Waals surface area contributed by atoms with Crippen LogP contribution in [0.5, 0.6) is 0 Å². The second-order valence-corrected chi connectivity index (χ2v) is 2.81. The molecule has 16 heavy (non-hydrogen) atoms. The quantitative estimate of drug-likeness (QED) is 0.442. The van der Waals surface area contributed by atoms with Gasteiger partial charge in [0.05, 0.1) is 0 Å². The van der Waals surface area contributed by atoms with Gasteiger partial charge in [-0.25, -0.2) is 4.79 Å². The Labute approximate surface area is 94.7 Å². The van der Waals surface area contributed by atoms with Gasteiger partial charge in [-0.1, -0.05) is 42.7 Å². The van der Waals surface area contributed by atoms with E-state index in [4.69, 9.17) is 0 Å². The molecule has 0 unspecified atom stereocenters. The van der Waals surface area contributed by atoms with E-state index in [1.807, 2.05) is 30.3 Å². The van der Waals surface area contributed by atoms with Crippen molar-refractivity contribution in [3.8, 4) is 11.8 Å². The highest BCUT2D eigenvalue weighted by atomic mass is 16.7. The van der Waals surface area contributed by atoms with Crippen molar-refractivity contribution in [2.75, 3.05) is 13.2 Å². The molecule has 0 radical (unpaired) electrons. The van der Waals surface area contributed by atoms with Gasteiger partial charge in [-0.05, 0) is 12.1 Å². The second kappa shape index (κ2) is 7.13. The lowest BCUT2D eigenvalue weighted by molar-refractivity contribution is 0.0732. The molecule has 0 aliphatic rings. The standard InChI is InChI=1S/C13H12O3/c1-2-10-15-13(14)16-11-6-9-12-7-4-3-5-8-12/h2-5,7-8H,1,10-11H2. The number of benzene rings is 1. The van der Waals surface area contributed by atoms with Gasteiger partial charge in [0.2, 0.25) is 0 Å². The summed E-state index contributed by atoms with van der Waals surface area (Å²) in [4.78, 5) is 10.9. The second-order valence-electron chi connectivity index (χ2n) is 2.81. The van der Waals surface area contributed by atoms with Gasteiger partial charge in [0, 0.05) is 5.56 Å². The van der Waals surface area contributed by atoms with Crippen molar-refractivity contribution in [3.05, 3.63) is 48.6 Å². The van der Waals surface area contributed by atoms with Crippen molar-refractivity contribution in [2.24, 2.45) is 0 Å². The zero-order chi connectivity index (χ0) is 11.6. The summed E-state index contributed by atoms with van der Waals surface area (Å²) in [5, 5.41) is 0. The van der Waals surface area contributed by atoms with Crippen LogP contribution in [0.3, 0.4) is 0 Å². The first-order valence-electron chi connectivity index (χ1n) is 4.77. The molecule has 1 aromatic carbocycles. The van der Waals surface area contributed by atoms with Gasteiger partial charge >= 0.3 is 6.16 Å². The maximum atomic E-state index is 10.9. The van der Waals surface area contributed by atoms with E-state index in [-0.39, 0.29) is 13.2 Å². The van der Waals surface area contributed by atoms with Crippen LogP contribution in [0, 0.1) is 11.8 Å². The van der Waals surface area contributed by atoms with Crippen LogP contribution >= 0.6 is 0 Å². The summed E-state index contributed by atoms with van der Waals surface area (Å²) in [6.45, 7) is 3.57. The van der Waals surface area contributed by atoms with E-state index in [0.717, 1.165) is 5.56 Å². The fourth-order valence-corrected chi connectivity index (χ4v) is 0.923. The van der Waals surface area contributed by atoms with Gasteiger partial charge in [-0.2, -0.15) is 0 Å². The lowest BCUT2D eigenvalue weighted by Crippen LogP contribution is -2.07. The van der Waals surface area contributed by atoms with E-state index in [0.29, 0.717) is 0 Å². The first kappa shape index (κ1) is 11.9. The summed E-state index contributed by atoms with van der Waals surface area (Å²) in [6, 6.07) is 9.45. The summed E-state index contributed by atoms with van der Waals surface area (Å²) in [6.07, 6.45) is 0.735. The maximum Gasteiger partial charge on any atom is 0.509 e. The van der Waals surface area contributed by atoms with Crippen molar-refractivity contribution in [3.63, 3.8) is 0 Å². The van der Waals surface area contributed by atoms with E-state index < -0.39 is 6.16 Å². The molecule has 0 aliphatic heterocycles. The highest BCUT2D eigenvalue weighted by molar-refractivity contribution is 5.60. The Morgan fingerprint density at radius 1 is 1.31 bits per heavy atom. The van der Waals surface area contributed by atoms with Crippen LogP contribution in [0.1, 0.15) is 5.56 Å². The SMILES string of the molecule is C=CCOC(=O)OCC#Cc1ccccc1. The van der Waals surface area contributed by atoms with Crippen LogP contribution in [0.25, 0.3) is 0 Å². The van der Waals surface area contributed by atoms with Gasteiger partial charge in [0.1, 0.15) is 6.61 Å². The molecule has 0 N–H and O–H groups in total. The molecule has 0 spiro atoms. The van der Waals surface area contributed by atoms with Crippen molar-refractivity contribution in [1.82, 2.24) is 0 Å². The van der Waals surface area contributed by atoms with Gasteiger partial charge in [-0.15, -0.1) is 0 Å². The van der Waals surface area contributed by atoms with Crippen molar-refractivity contribution in [1.29, 1.82) is 0 Å². The van der Waals surface area contributed by atoms with Gasteiger partial charge in [-0.3, -0.25) is 0 Å². The summed E-state index contributed by atoms with van der Waals surface area (Å²) in [5.41, 5.74) is 0.880. The molecular formula is C13H12O3. The Morgan fingerprint density at radius 2 is 2.06 bits per heavy atom. The zero-order valence-corrected chi connectivity index (χ0v) is 8.81. The first-order valence-corrected chi connectivity index (χ1v) is 4.77. The van der Waals surface area contributed by atoms with Gasteiger partial charge in [0.15, 0.2) is 6.61 Å². The van der Waals surface area contributed by atoms with E-state index in [1.165, 1.54) is 6.08 Å². The average Bonchev–Trinajstić information content (AvgIpc) is 2.33. The molecule has 0 bridgehead atoms. The number of hydrogen-bond donors (Lipinski definition) is 0. The molecule has 1 rings (SSSR count). The van der Waals surface area contributed by atoms with E-state index in [9.17, 15) is 4.79 Å². The molecule has 82 valence electrons. The smallest absolute Gasteiger partial charge is 0.430 e. The molecule has 0 saturated carbocycles. The molecule has 0 amide bonds. The minimum Gasteiger partial charge on any atom is -0.430 e. The third-order valence-electron chi connectivity index (χ3n) is 1.59. The van der Waals surface area contributed by atoms with Crippen LogP contribution in [-0.4, -0.2) is 19.4 Å². The lowest BCUT2D eigenvalue weighted by Gasteiger charge is -1.99. The minimum absolute atomic E-state index is 0.0187. The third-order valence-corrected chi connectivity index (χ3v) is 1.59. The van der Waals surface area contributed by atoms with E-state index in [1.54, 1.807) is 0 Å². The molecule has 0 atom stereocenters. The van der Waals surface area contributed by atoms with Crippen LogP contribution in [-0.2, 0) is 9.47 Å². The Bertz CT molecular complexity index is 398. The monoisotopic (exact) mass is 216 g/mol. The molecule has 0 saturated heterocycles. The molecule has 1 aromatic rings. The Hall–Kier alpha value is -2.21. The number of ether oxygens (including phenoxy) is 2. The minimum atomic E-state index is -0.734. The summed E-state index contributed by atoms with van der Waals surface area (Å²) in [5.74, 6) is 5.56. The largest absolute Gasteiger partial charge is 0.509 e. The van der Waals surface area contributed by atoms with Crippen LogP contribution in [0.2, 0.25) is 0 Å². The Kier molecular flexibility index (Phi) is 5.29. The van der Waals surface area contributed by atoms with Crippen LogP contribution < -0.4 is 0 Å². The third kappa shape index (κ3) is 4.87. The predicted octanol–water partition coefficient (Wildman–Crippen LogP) is 2.38. The first-order chi connectivity index (χ1) is 7.83. The molecular weight excluding hydrogens is 204 g/mol. The topological polar surface area (TPSA) is 35.5 Å². The molecule has 0 fully saturated rings. The fraction of sp³-hybridized carbons (Fsp3) is 0.154. The summed E-state index contributed by atoms with van der Waals surface area (Å²) >= 11 is 0. The number of rotatable bonds is 3. The van der Waals surface area contributed by atoms with Gasteiger partial charge in [0.25, 0.3) is 0 Å². The number of carbonyl (C=O) groups excluding carboxylic acids is 1. The van der Waals surface area contributed by atoms with Crippen LogP contribution in [0.15, 0.2) is 43.0 Å². The van der Waals surface area contributed by atoms with Crippen molar-refractivity contribution < 1.29 is 14.3 Å².